The molecule has 0 atom stereocenters. The number of H-pyrrole nitrogens is 1. The molecule has 0 radical (unpaired) electrons. The molecule has 0 spiro atoms. The molecule has 1 aliphatic carbocycles. The lowest BCUT2D eigenvalue weighted by Crippen LogP contribution is -2.08. The maximum absolute atomic E-state index is 11.2. The number of aromatic nitrogens is 1. The standard InChI is InChI=1S/C16H16N2O2.ClH/c1-18(2)14-8-4-7-12-11-6-3-5-10(16(19)20)9-13(11)17-15(12)14;/h3-5,7-9,17H,6H2,1-2H3,(H,19,20);1H. The molecule has 0 saturated heterocycles. The third kappa shape index (κ3) is 2.54. The zero-order chi connectivity index (χ0) is 14.3. The van der Waals surface area contributed by atoms with Crippen LogP contribution in [0.3, 0.4) is 0 Å². The summed E-state index contributed by atoms with van der Waals surface area (Å²) in [5.41, 5.74) is 4.50. The number of allylic oxidation sites excluding steroid dienone is 1. The van der Waals surface area contributed by atoms with Crippen LogP contribution in [0.1, 0.15) is 11.3 Å². The van der Waals surface area contributed by atoms with Crippen LogP contribution in [-0.4, -0.2) is 30.2 Å². The van der Waals surface area contributed by atoms with Gasteiger partial charge >= 0.3 is 5.97 Å². The fraction of sp³-hybridized carbons (Fsp3) is 0.188. The van der Waals surface area contributed by atoms with E-state index in [1.54, 1.807) is 12.2 Å². The first-order valence-electron chi connectivity index (χ1n) is 6.50. The van der Waals surface area contributed by atoms with Crippen LogP contribution < -0.4 is 4.90 Å². The summed E-state index contributed by atoms with van der Waals surface area (Å²) in [6.07, 6.45) is 6.01. The Morgan fingerprint density at radius 1 is 1.33 bits per heavy atom. The van der Waals surface area contributed by atoms with Crippen molar-refractivity contribution in [3.63, 3.8) is 0 Å². The number of halogens is 1. The Kier molecular flexibility index (Phi) is 4.09. The lowest BCUT2D eigenvalue weighted by molar-refractivity contribution is -0.132. The summed E-state index contributed by atoms with van der Waals surface area (Å²) in [5, 5.41) is 10.3. The maximum atomic E-state index is 11.2. The summed E-state index contributed by atoms with van der Waals surface area (Å²) < 4.78 is 0. The number of carboxylic acid groups (broad SMARTS) is 1. The lowest BCUT2D eigenvalue weighted by Gasteiger charge is -2.13. The number of nitrogens with one attached hydrogen (secondary N) is 1. The van der Waals surface area contributed by atoms with Gasteiger partial charge in [-0.1, -0.05) is 24.3 Å². The van der Waals surface area contributed by atoms with Gasteiger partial charge in [-0.3, -0.25) is 0 Å². The molecule has 0 aliphatic heterocycles. The molecule has 3 rings (SSSR count). The van der Waals surface area contributed by atoms with Crippen LogP contribution in [0, 0.1) is 0 Å². The molecular weight excluding hydrogens is 288 g/mol. The SMILES string of the molecule is CN(C)c1cccc2c3c([nH]c12)C=C(C(=O)O)C=CC3.Cl. The Bertz CT molecular complexity index is 757. The van der Waals surface area contributed by atoms with Crippen LogP contribution in [0.25, 0.3) is 17.0 Å². The van der Waals surface area contributed by atoms with Gasteiger partial charge < -0.3 is 15.0 Å². The molecule has 0 fully saturated rings. The Labute approximate surface area is 129 Å². The van der Waals surface area contributed by atoms with Gasteiger partial charge in [0.15, 0.2) is 0 Å². The first-order chi connectivity index (χ1) is 9.58. The van der Waals surface area contributed by atoms with Crippen molar-refractivity contribution in [2.24, 2.45) is 0 Å². The van der Waals surface area contributed by atoms with Crippen LogP contribution in [0.5, 0.6) is 0 Å². The second-order valence-electron chi connectivity index (χ2n) is 5.12. The highest BCUT2D eigenvalue weighted by Crippen LogP contribution is 2.32. The van der Waals surface area contributed by atoms with Crippen LogP contribution in [0.15, 0.2) is 35.9 Å². The summed E-state index contributed by atoms with van der Waals surface area (Å²) in [6.45, 7) is 0. The van der Waals surface area contributed by atoms with Crippen molar-refractivity contribution in [3.05, 3.63) is 47.2 Å². The van der Waals surface area contributed by atoms with Crippen molar-refractivity contribution in [1.82, 2.24) is 4.98 Å². The van der Waals surface area contributed by atoms with Gasteiger partial charge in [0, 0.05) is 25.2 Å². The van der Waals surface area contributed by atoms with Gasteiger partial charge in [0.05, 0.1) is 16.8 Å². The van der Waals surface area contributed by atoms with E-state index in [2.05, 4.69) is 22.0 Å². The van der Waals surface area contributed by atoms with Crippen molar-refractivity contribution in [1.29, 1.82) is 0 Å². The number of para-hydroxylation sites is 1. The van der Waals surface area contributed by atoms with Gasteiger partial charge in [-0.25, -0.2) is 4.79 Å². The molecule has 110 valence electrons. The summed E-state index contributed by atoms with van der Waals surface area (Å²) in [5.74, 6) is -0.902. The Morgan fingerprint density at radius 3 is 2.76 bits per heavy atom. The number of anilines is 1. The van der Waals surface area contributed by atoms with E-state index in [-0.39, 0.29) is 12.4 Å². The molecule has 2 N–H and O–H groups in total. The van der Waals surface area contributed by atoms with E-state index < -0.39 is 5.97 Å². The molecule has 1 heterocycles. The number of nitrogens with zero attached hydrogens (tertiary/aromatic N) is 1. The normalized spacial score (nSPS) is 13.1. The Hall–Kier alpha value is -2.20. The molecule has 1 aromatic carbocycles. The average molecular weight is 305 g/mol. The van der Waals surface area contributed by atoms with Crippen LogP contribution in [0.4, 0.5) is 5.69 Å². The second kappa shape index (κ2) is 5.66. The average Bonchev–Trinajstić information content (AvgIpc) is 2.61. The van der Waals surface area contributed by atoms with Gasteiger partial charge in [0.2, 0.25) is 0 Å². The van der Waals surface area contributed by atoms with Gasteiger partial charge in [-0.05, 0) is 24.1 Å². The molecular formula is C16H17ClN2O2. The molecule has 0 bridgehead atoms. The van der Waals surface area contributed by atoms with Gasteiger partial charge in [-0.2, -0.15) is 0 Å². The topological polar surface area (TPSA) is 56.3 Å². The third-order valence-corrected chi connectivity index (χ3v) is 3.60. The summed E-state index contributed by atoms with van der Waals surface area (Å²) >= 11 is 0. The molecule has 4 nitrogen and oxygen atoms in total. The van der Waals surface area contributed by atoms with Crippen LogP contribution >= 0.6 is 12.4 Å². The van der Waals surface area contributed by atoms with E-state index in [9.17, 15) is 4.79 Å². The summed E-state index contributed by atoms with van der Waals surface area (Å²) in [4.78, 5) is 16.6. The number of carbonyl (C=O) groups is 1. The largest absolute Gasteiger partial charge is 0.478 e. The van der Waals surface area contributed by atoms with E-state index in [0.717, 1.165) is 34.3 Å². The number of rotatable bonds is 2. The smallest absolute Gasteiger partial charge is 0.335 e. The van der Waals surface area contributed by atoms with E-state index in [1.165, 1.54) is 0 Å². The molecule has 0 saturated carbocycles. The number of fused-ring (bicyclic) bond motifs is 3. The predicted octanol–water partition coefficient (Wildman–Crippen LogP) is 3.24. The quantitative estimate of drug-likeness (QED) is 0.895. The number of hydrogen-bond acceptors (Lipinski definition) is 2. The van der Waals surface area contributed by atoms with Crippen molar-refractivity contribution < 1.29 is 9.90 Å². The Balaban J connectivity index is 0.00000161. The minimum atomic E-state index is -0.902. The van der Waals surface area contributed by atoms with Crippen LogP contribution in [0.2, 0.25) is 0 Å². The van der Waals surface area contributed by atoms with E-state index in [4.69, 9.17) is 5.11 Å². The number of benzene rings is 1. The molecule has 0 unspecified atom stereocenters. The molecule has 0 amide bonds. The molecule has 5 heteroatoms. The molecule has 1 aliphatic rings. The number of hydrogen-bond donors (Lipinski definition) is 2. The van der Waals surface area contributed by atoms with Crippen molar-refractivity contribution >= 4 is 41.0 Å². The first-order valence-corrected chi connectivity index (χ1v) is 6.50. The zero-order valence-electron chi connectivity index (χ0n) is 11.9. The lowest BCUT2D eigenvalue weighted by atomic mass is 10.1. The van der Waals surface area contributed by atoms with Crippen molar-refractivity contribution in [2.45, 2.75) is 6.42 Å². The molecule has 21 heavy (non-hydrogen) atoms. The fourth-order valence-electron chi connectivity index (χ4n) is 2.63. The zero-order valence-corrected chi connectivity index (χ0v) is 12.7. The second-order valence-corrected chi connectivity index (χ2v) is 5.12. The van der Waals surface area contributed by atoms with Crippen molar-refractivity contribution in [2.75, 3.05) is 19.0 Å². The minimum absolute atomic E-state index is 0. The fourth-order valence-corrected chi connectivity index (χ4v) is 2.63. The minimum Gasteiger partial charge on any atom is -0.478 e. The number of aliphatic carboxylic acids is 1. The monoisotopic (exact) mass is 304 g/mol. The van der Waals surface area contributed by atoms with Crippen LogP contribution in [-0.2, 0) is 11.2 Å². The molecule has 2 aromatic rings. The van der Waals surface area contributed by atoms with Crippen molar-refractivity contribution in [3.8, 4) is 0 Å². The highest BCUT2D eigenvalue weighted by atomic mass is 35.5. The van der Waals surface area contributed by atoms with Gasteiger partial charge in [-0.15, -0.1) is 12.4 Å². The summed E-state index contributed by atoms with van der Waals surface area (Å²) in [7, 11) is 4.00. The maximum Gasteiger partial charge on any atom is 0.335 e. The first kappa shape index (κ1) is 15.2. The van der Waals surface area contributed by atoms with Gasteiger partial charge in [0.25, 0.3) is 0 Å². The Morgan fingerprint density at radius 2 is 2.10 bits per heavy atom. The van der Waals surface area contributed by atoms with E-state index in [0.29, 0.717) is 5.57 Å². The third-order valence-electron chi connectivity index (χ3n) is 3.60. The van der Waals surface area contributed by atoms with E-state index >= 15 is 0 Å². The highest BCUT2D eigenvalue weighted by molar-refractivity contribution is 6.00. The molecule has 1 aromatic heterocycles. The highest BCUT2D eigenvalue weighted by Gasteiger charge is 2.16. The number of aromatic amines is 1. The van der Waals surface area contributed by atoms with E-state index in [1.807, 2.05) is 26.2 Å². The predicted molar refractivity (Wildman–Crippen MR) is 88.3 cm³/mol. The van der Waals surface area contributed by atoms with Gasteiger partial charge in [0.1, 0.15) is 0 Å². The number of carboxylic acids is 1. The summed E-state index contributed by atoms with van der Waals surface area (Å²) in [6, 6.07) is 6.16.